The molecule has 34 heavy (non-hydrogen) atoms. The van der Waals surface area contributed by atoms with Crippen LogP contribution in [0.15, 0.2) is 103 Å². The Bertz CT molecular complexity index is 1190. The molecule has 1 unspecified atom stereocenters. The van der Waals surface area contributed by atoms with E-state index in [-0.39, 0.29) is 0 Å². The number of benzene rings is 4. The van der Waals surface area contributed by atoms with Gasteiger partial charge in [0.15, 0.2) is 0 Å². The van der Waals surface area contributed by atoms with Gasteiger partial charge in [-0.25, -0.2) is 4.79 Å². The lowest BCUT2D eigenvalue weighted by molar-refractivity contribution is -0.149. The molecular weight excluding hydrogens is 452 g/mol. The Hall–Kier alpha value is -3.96. The first-order valence-corrected chi connectivity index (χ1v) is 11.0. The minimum Gasteiger partial charge on any atom is -0.489 e. The number of esters is 1. The summed E-state index contributed by atoms with van der Waals surface area (Å²) >= 11 is 5.91. The van der Waals surface area contributed by atoms with E-state index in [1.54, 1.807) is 72.8 Å². The largest absolute Gasteiger partial charge is 0.489 e. The maximum Gasteiger partial charge on any atom is 0.351 e. The van der Waals surface area contributed by atoms with Gasteiger partial charge in [0.25, 0.3) is 0 Å². The molecule has 0 radical (unpaired) electrons. The molecule has 0 aliphatic heterocycles. The van der Waals surface area contributed by atoms with Gasteiger partial charge in [0.05, 0.1) is 7.11 Å². The van der Waals surface area contributed by atoms with Gasteiger partial charge in [0.1, 0.15) is 29.6 Å². The van der Waals surface area contributed by atoms with Gasteiger partial charge in [-0.05, 0) is 66.2 Å². The third-order valence-electron chi connectivity index (χ3n) is 4.97. The average Bonchev–Trinajstić information content (AvgIpc) is 2.89. The fraction of sp³-hybridized carbons (Fsp3) is 0.107. The summed E-state index contributed by atoms with van der Waals surface area (Å²) in [6.07, 6.45) is -0.925. The molecule has 0 saturated carbocycles. The maximum absolute atomic E-state index is 12.4. The normalized spacial score (nSPS) is 11.4. The molecule has 0 N–H and O–H groups in total. The molecule has 6 heteroatoms. The van der Waals surface area contributed by atoms with Crippen LogP contribution >= 0.6 is 11.6 Å². The van der Waals surface area contributed by atoms with E-state index in [0.717, 1.165) is 5.56 Å². The monoisotopic (exact) mass is 474 g/mol. The van der Waals surface area contributed by atoms with E-state index in [2.05, 4.69) is 0 Å². The second kappa shape index (κ2) is 11.3. The molecule has 0 aromatic heterocycles. The van der Waals surface area contributed by atoms with Crippen LogP contribution < -0.4 is 14.2 Å². The molecule has 4 rings (SSSR count). The molecule has 4 aromatic rings. The number of methoxy groups -OCH3 is 1. The minimum atomic E-state index is -0.925. The Balaban J connectivity index is 1.41. The summed E-state index contributed by atoms with van der Waals surface area (Å²) in [6, 6.07) is 31.2. The first-order valence-electron chi connectivity index (χ1n) is 10.7. The lowest BCUT2D eigenvalue weighted by atomic mass is 10.1. The molecule has 0 saturated heterocycles. The lowest BCUT2D eigenvalue weighted by Crippen LogP contribution is -2.20. The maximum atomic E-state index is 12.4. The van der Waals surface area contributed by atoms with Crippen LogP contribution in [-0.2, 0) is 16.1 Å². The van der Waals surface area contributed by atoms with Crippen LogP contribution in [0, 0.1) is 0 Å². The Morgan fingerprint density at radius 1 is 0.735 bits per heavy atom. The van der Waals surface area contributed by atoms with Crippen LogP contribution in [0.4, 0.5) is 0 Å². The second-order valence-corrected chi connectivity index (χ2v) is 7.83. The van der Waals surface area contributed by atoms with Crippen molar-refractivity contribution in [3.05, 3.63) is 119 Å². The lowest BCUT2D eigenvalue weighted by Gasteiger charge is -2.18. The van der Waals surface area contributed by atoms with Crippen molar-refractivity contribution < 1.29 is 23.7 Å². The molecule has 1 atom stereocenters. The van der Waals surface area contributed by atoms with E-state index in [1.807, 2.05) is 30.3 Å². The molecule has 0 fully saturated rings. The summed E-state index contributed by atoms with van der Waals surface area (Å²) in [5.74, 6) is 2.00. The molecule has 5 nitrogen and oxygen atoms in total. The Kier molecular flexibility index (Phi) is 7.68. The molecule has 0 aliphatic rings. The molecule has 0 aliphatic carbocycles. The van der Waals surface area contributed by atoms with E-state index in [4.69, 9.17) is 30.5 Å². The molecule has 4 aromatic carbocycles. The van der Waals surface area contributed by atoms with Gasteiger partial charge < -0.3 is 18.9 Å². The zero-order chi connectivity index (χ0) is 23.8. The highest BCUT2D eigenvalue weighted by Gasteiger charge is 2.24. The number of halogens is 1. The van der Waals surface area contributed by atoms with Gasteiger partial charge in [-0.1, -0.05) is 54.1 Å². The molecule has 172 valence electrons. The van der Waals surface area contributed by atoms with Gasteiger partial charge in [-0.2, -0.15) is 0 Å². The van der Waals surface area contributed by atoms with E-state index in [0.29, 0.717) is 40.2 Å². The van der Waals surface area contributed by atoms with Gasteiger partial charge in [0, 0.05) is 10.6 Å². The minimum absolute atomic E-state index is 0.469. The van der Waals surface area contributed by atoms with Crippen molar-refractivity contribution in [1.29, 1.82) is 0 Å². The van der Waals surface area contributed by atoms with Gasteiger partial charge in [-0.3, -0.25) is 0 Å². The number of rotatable bonds is 9. The highest BCUT2D eigenvalue weighted by atomic mass is 35.5. The van der Waals surface area contributed by atoms with Crippen LogP contribution in [0.25, 0.3) is 0 Å². The SMILES string of the molecule is COC(=O)C(Oc1ccc(OCc2ccccc2)cc1)c1ccc(Oc2ccc(Cl)cc2)cc1. The van der Waals surface area contributed by atoms with Crippen molar-refractivity contribution in [2.24, 2.45) is 0 Å². The third-order valence-corrected chi connectivity index (χ3v) is 5.23. The highest BCUT2D eigenvalue weighted by Crippen LogP contribution is 2.28. The zero-order valence-electron chi connectivity index (χ0n) is 18.5. The first kappa shape index (κ1) is 23.2. The van der Waals surface area contributed by atoms with Crippen molar-refractivity contribution in [2.75, 3.05) is 7.11 Å². The van der Waals surface area contributed by atoms with E-state index in [9.17, 15) is 4.79 Å². The van der Waals surface area contributed by atoms with E-state index in [1.165, 1.54) is 7.11 Å². The topological polar surface area (TPSA) is 54.0 Å². The summed E-state index contributed by atoms with van der Waals surface area (Å²) in [6.45, 7) is 0.469. The fourth-order valence-electron chi connectivity index (χ4n) is 3.20. The zero-order valence-corrected chi connectivity index (χ0v) is 19.3. The summed E-state index contributed by atoms with van der Waals surface area (Å²) < 4.78 is 22.5. The van der Waals surface area contributed by atoms with Crippen molar-refractivity contribution in [1.82, 2.24) is 0 Å². The fourth-order valence-corrected chi connectivity index (χ4v) is 3.33. The van der Waals surface area contributed by atoms with Crippen molar-refractivity contribution in [3.63, 3.8) is 0 Å². The van der Waals surface area contributed by atoms with Gasteiger partial charge in [0.2, 0.25) is 6.10 Å². The standard InChI is InChI=1S/C28H23ClO5/c1-31-28(30)27(21-7-11-24(12-8-21)33-25-13-9-22(29)10-14-25)34-26-17-15-23(16-18-26)32-19-20-5-3-2-4-6-20/h2-18,27H,19H2,1H3. The van der Waals surface area contributed by atoms with Crippen molar-refractivity contribution in [2.45, 2.75) is 12.7 Å². The first-order chi connectivity index (χ1) is 16.6. The predicted molar refractivity (Wildman–Crippen MR) is 131 cm³/mol. The molecular formula is C28H23ClO5. The number of hydrogen-bond acceptors (Lipinski definition) is 5. The third kappa shape index (κ3) is 6.30. The Morgan fingerprint density at radius 3 is 1.91 bits per heavy atom. The molecule has 0 amide bonds. The number of carbonyl (C=O) groups excluding carboxylic acids is 1. The molecule has 0 bridgehead atoms. The van der Waals surface area contributed by atoms with Crippen LogP contribution in [0.5, 0.6) is 23.0 Å². The van der Waals surface area contributed by atoms with E-state index < -0.39 is 12.1 Å². The number of carbonyl (C=O) groups is 1. The van der Waals surface area contributed by atoms with Crippen LogP contribution in [0.3, 0.4) is 0 Å². The summed E-state index contributed by atoms with van der Waals surface area (Å²) in [4.78, 5) is 12.4. The van der Waals surface area contributed by atoms with Crippen LogP contribution in [0.2, 0.25) is 5.02 Å². The number of hydrogen-bond donors (Lipinski definition) is 0. The van der Waals surface area contributed by atoms with Crippen LogP contribution in [-0.4, -0.2) is 13.1 Å². The van der Waals surface area contributed by atoms with Gasteiger partial charge in [-0.15, -0.1) is 0 Å². The van der Waals surface area contributed by atoms with Crippen molar-refractivity contribution >= 4 is 17.6 Å². The summed E-state index contributed by atoms with van der Waals surface area (Å²) in [5, 5.41) is 0.636. The van der Waals surface area contributed by atoms with E-state index >= 15 is 0 Å². The predicted octanol–water partition coefficient (Wildman–Crippen LogP) is 7.00. The molecule has 0 spiro atoms. The highest BCUT2D eigenvalue weighted by molar-refractivity contribution is 6.30. The smallest absolute Gasteiger partial charge is 0.351 e. The molecule has 0 heterocycles. The Labute approximate surface area is 203 Å². The summed E-state index contributed by atoms with van der Waals surface area (Å²) in [5.41, 5.74) is 1.72. The van der Waals surface area contributed by atoms with Crippen LogP contribution in [0.1, 0.15) is 17.2 Å². The van der Waals surface area contributed by atoms with Gasteiger partial charge >= 0.3 is 5.97 Å². The Morgan fingerprint density at radius 2 is 1.29 bits per heavy atom. The average molecular weight is 475 g/mol. The second-order valence-electron chi connectivity index (χ2n) is 7.39. The quantitative estimate of drug-likeness (QED) is 0.244. The number of ether oxygens (including phenoxy) is 4. The summed E-state index contributed by atoms with van der Waals surface area (Å²) in [7, 11) is 1.33. The van der Waals surface area contributed by atoms with Crippen molar-refractivity contribution in [3.8, 4) is 23.0 Å².